The van der Waals surface area contributed by atoms with E-state index in [2.05, 4.69) is 4.98 Å². The smallest absolute Gasteiger partial charge is 0.156 e. The lowest BCUT2D eigenvalue weighted by molar-refractivity contribution is 0.601. The maximum Gasteiger partial charge on any atom is 0.156 e. The van der Waals surface area contributed by atoms with Crippen LogP contribution in [0.4, 0.5) is 4.39 Å². The van der Waals surface area contributed by atoms with E-state index in [9.17, 15) is 4.39 Å². The van der Waals surface area contributed by atoms with E-state index in [4.69, 9.17) is 5.26 Å². The largest absolute Gasteiger partial charge is 0.229 e. The highest BCUT2D eigenvalue weighted by Crippen LogP contribution is 2.35. The van der Waals surface area contributed by atoms with E-state index in [1.54, 1.807) is 12.1 Å². The summed E-state index contributed by atoms with van der Waals surface area (Å²) < 4.78 is 15.7. The van der Waals surface area contributed by atoms with E-state index >= 15 is 0 Å². The third-order valence-electron chi connectivity index (χ3n) is 2.53. The molecule has 3 rings (SSSR count). The van der Waals surface area contributed by atoms with Crippen LogP contribution in [0.1, 0.15) is 5.56 Å². The molecule has 0 amide bonds. The van der Waals surface area contributed by atoms with Crippen molar-refractivity contribution in [2.24, 2.45) is 0 Å². The van der Waals surface area contributed by atoms with Crippen molar-refractivity contribution >= 4 is 33.3 Å². The number of rotatable bonds is 2. The van der Waals surface area contributed by atoms with E-state index in [0.29, 0.717) is 10.5 Å². The molecule has 2 aromatic carbocycles. The maximum absolute atomic E-state index is 13.8. The number of thiazole rings is 1. The van der Waals surface area contributed by atoms with Gasteiger partial charge in [0.05, 0.1) is 26.7 Å². The summed E-state index contributed by atoms with van der Waals surface area (Å²) in [5.74, 6) is -0.386. The number of hydrogen-bond donors (Lipinski definition) is 0. The van der Waals surface area contributed by atoms with Crippen LogP contribution in [0.25, 0.3) is 10.2 Å². The number of benzene rings is 2. The van der Waals surface area contributed by atoms with Crippen molar-refractivity contribution in [1.82, 2.24) is 4.98 Å². The SMILES string of the molecule is N#Cc1ccc(Sc2nc3ccccc3s2)c(F)c1. The summed E-state index contributed by atoms with van der Waals surface area (Å²) in [6.45, 7) is 0. The Bertz CT molecular complexity index is 756. The van der Waals surface area contributed by atoms with Gasteiger partial charge in [0.2, 0.25) is 0 Å². The highest BCUT2D eigenvalue weighted by atomic mass is 32.2. The Morgan fingerprint density at radius 2 is 2.05 bits per heavy atom. The zero-order chi connectivity index (χ0) is 13.2. The zero-order valence-electron chi connectivity index (χ0n) is 9.63. The lowest BCUT2D eigenvalue weighted by Crippen LogP contribution is -1.83. The normalized spacial score (nSPS) is 10.5. The van der Waals surface area contributed by atoms with Crippen molar-refractivity contribution in [2.75, 3.05) is 0 Å². The van der Waals surface area contributed by atoms with Gasteiger partial charge in [0.1, 0.15) is 5.82 Å². The third kappa shape index (κ3) is 2.46. The minimum Gasteiger partial charge on any atom is -0.229 e. The Morgan fingerprint density at radius 3 is 2.79 bits per heavy atom. The third-order valence-corrected chi connectivity index (χ3v) is 4.68. The molecule has 0 aliphatic heterocycles. The van der Waals surface area contributed by atoms with E-state index < -0.39 is 0 Å². The molecule has 1 heterocycles. The monoisotopic (exact) mass is 286 g/mol. The molecule has 0 saturated carbocycles. The Labute approximate surface area is 117 Å². The molecule has 92 valence electrons. The van der Waals surface area contributed by atoms with E-state index in [-0.39, 0.29) is 5.82 Å². The number of hydrogen-bond acceptors (Lipinski definition) is 4. The van der Waals surface area contributed by atoms with Gasteiger partial charge in [0.25, 0.3) is 0 Å². The maximum atomic E-state index is 13.8. The van der Waals surface area contributed by atoms with Crippen molar-refractivity contribution in [2.45, 2.75) is 9.24 Å². The molecule has 0 bridgehead atoms. The average Bonchev–Trinajstić information content (AvgIpc) is 2.83. The Kier molecular flexibility index (Phi) is 3.20. The molecule has 5 heteroatoms. The lowest BCUT2D eigenvalue weighted by atomic mass is 10.2. The number of aromatic nitrogens is 1. The summed E-state index contributed by atoms with van der Waals surface area (Å²) in [5.41, 5.74) is 1.25. The second-order valence-corrected chi connectivity index (χ2v) is 6.13. The van der Waals surface area contributed by atoms with Crippen LogP contribution >= 0.6 is 23.1 Å². The molecule has 0 unspecified atom stereocenters. The molecule has 0 aliphatic rings. The van der Waals surface area contributed by atoms with Crippen LogP contribution in [0.2, 0.25) is 0 Å². The van der Waals surface area contributed by atoms with Crippen LogP contribution in [0.15, 0.2) is 51.7 Å². The molecule has 1 aromatic heterocycles. The van der Waals surface area contributed by atoms with Crippen LogP contribution in [-0.2, 0) is 0 Å². The molecule has 0 radical (unpaired) electrons. The molecular formula is C14H7FN2S2. The first-order valence-corrected chi connectivity index (χ1v) is 7.12. The van der Waals surface area contributed by atoms with Gasteiger partial charge in [-0.05, 0) is 30.3 Å². The number of halogens is 1. The number of para-hydroxylation sites is 1. The Hall–Kier alpha value is -1.90. The summed E-state index contributed by atoms with van der Waals surface area (Å²) >= 11 is 2.81. The van der Waals surface area contributed by atoms with Crippen LogP contribution < -0.4 is 0 Å². The van der Waals surface area contributed by atoms with Crippen molar-refractivity contribution in [3.05, 3.63) is 53.8 Å². The predicted molar refractivity (Wildman–Crippen MR) is 74.9 cm³/mol. The topological polar surface area (TPSA) is 36.7 Å². The van der Waals surface area contributed by atoms with E-state index in [1.165, 1.54) is 29.2 Å². The molecule has 19 heavy (non-hydrogen) atoms. The van der Waals surface area contributed by atoms with Gasteiger partial charge >= 0.3 is 0 Å². The second kappa shape index (κ2) is 5.00. The van der Waals surface area contributed by atoms with Crippen molar-refractivity contribution in [3.63, 3.8) is 0 Å². The van der Waals surface area contributed by atoms with Gasteiger partial charge in [-0.3, -0.25) is 0 Å². The standard InChI is InChI=1S/C14H7FN2S2/c15-10-7-9(8-16)5-6-12(10)18-14-17-11-3-1-2-4-13(11)19-14/h1-7H. The molecule has 0 N–H and O–H groups in total. The fourth-order valence-corrected chi connectivity index (χ4v) is 3.67. The van der Waals surface area contributed by atoms with Gasteiger partial charge in [-0.2, -0.15) is 5.26 Å². The van der Waals surface area contributed by atoms with Gasteiger partial charge in [0.15, 0.2) is 4.34 Å². The van der Waals surface area contributed by atoms with E-state index in [0.717, 1.165) is 14.6 Å². The summed E-state index contributed by atoms with van der Waals surface area (Å²) in [6.07, 6.45) is 0. The summed E-state index contributed by atoms with van der Waals surface area (Å²) in [4.78, 5) is 4.93. The predicted octanol–water partition coefficient (Wildman–Crippen LogP) is 4.46. The molecule has 3 aromatic rings. The van der Waals surface area contributed by atoms with Gasteiger partial charge in [0, 0.05) is 0 Å². The zero-order valence-corrected chi connectivity index (χ0v) is 11.3. The molecule has 0 fully saturated rings. The molecule has 0 aliphatic carbocycles. The number of nitrogens with zero attached hydrogens (tertiary/aromatic N) is 2. The lowest BCUT2D eigenvalue weighted by Gasteiger charge is -1.99. The van der Waals surface area contributed by atoms with Crippen LogP contribution in [0.5, 0.6) is 0 Å². The van der Waals surface area contributed by atoms with Crippen LogP contribution in [0.3, 0.4) is 0 Å². The van der Waals surface area contributed by atoms with Crippen LogP contribution in [-0.4, -0.2) is 4.98 Å². The van der Waals surface area contributed by atoms with Crippen molar-refractivity contribution in [1.29, 1.82) is 5.26 Å². The summed E-state index contributed by atoms with van der Waals surface area (Å²) in [5, 5.41) is 8.70. The quantitative estimate of drug-likeness (QED) is 0.698. The first kappa shape index (κ1) is 12.2. The summed E-state index contributed by atoms with van der Waals surface area (Å²) in [6, 6.07) is 14.2. The average molecular weight is 286 g/mol. The van der Waals surface area contributed by atoms with E-state index in [1.807, 2.05) is 30.3 Å². The van der Waals surface area contributed by atoms with Crippen LogP contribution in [0, 0.1) is 17.1 Å². The first-order valence-electron chi connectivity index (χ1n) is 5.49. The van der Waals surface area contributed by atoms with Crippen molar-refractivity contribution in [3.8, 4) is 6.07 Å². The molecule has 2 nitrogen and oxygen atoms in total. The highest BCUT2D eigenvalue weighted by molar-refractivity contribution is 8.01. The Balaban J connectivity index is 1.94. The number of fused-ring (bicyclic) bond motifs is 1. The van der Waals surface area contributed by atoms with Gasteiger partial charge in [-0.1, -0.05) is 23.9 Å². The highest BCUT2D eigenvalue weighted by Gasteiger charge is 2.09. The fraction of sp³-hybridized carbons (Fsp3) is 0. The summed E-state index contributed by atoms with van der Waals surface area (Å²) in [7, 11) is 0. The molecule has 0 atom stereocenters. The minimum atomic E-state index is -0.386. The minimum absolute atomic E-state index is 0.325. The number of nitriles is 1. The second-order valence-electron chi connectivity index (χ2n) is 3.81. The first-order chi connectivity index (χ1) is 9.26. The van der Waals surface area contributed by atoms with Gasteiger partial charge < -0.3 is 0 Å². The van der Waals surface area contributed by atoms with Gasteiger partial charge in [-0.15, -0.1) is 11.3 Å². The molecular weight excluding hydrogens is 279 g/mol. The van der Waals surface area contributed by atoms with Gasteiger partial charge in [-0.25, -0.2) is 9.37 Å². The molecule has 0 spiro atoms. The Morgan fingerprint density at radius 1 is 1.21 bits per heavy atom. The molecule has 0 saturated heterocycles. The fourth-order valence-electron chi connectivity index (χ4n) is 1.64. The van der Waals surface area contributed by atoms with Crippen molar-refractivity contribution < 1.29 is 4.39 Å².